The molecule has 0 spiro atoms. The largest absolute Gasteiger partial charge is 0.465 e. The van der Waals surface area contributed by atoms with Gasteiger partial charge in [-0.2, -0.15) is 4.31 Å². The molecule has 0 aliphatic carbocycles. The van der Waals surface area contributed by atoms with Gasteiger partial charge in [0.05, 0.1) is 17.0 Å². The van der Waals surface area contributed by atoms with Crippen molar-refractivity contribution >= 4 is 61.2 Å². The zero-order chi connectivity index (χ0) is 19.6. The van der Waals surface area contributed by atoms with Gasteiger partial charge in [-0.1, -0.05) is 18.0 Å². The lowest BCUT2D eigenvalue weighted by molar-refractivity contribution is -0.120. The Morgan fingerprint density at radius 1 is 1.30 bits per heavy atom. The Hall–Kier alpha value is -1.46. The van der Waals surface area contributed by atoms with E-state index in [4.69, 9.17) is 16.3 Å². The second-order valence-electron chi connectivity index (χ2n) is 5.83. The molecule has 3 heterocycles. The van der Waals surface area contributed by atoms with E-state index in [1.54, 1.807) is 11.4 Å². The number of thiophene rings is 2. The van der Waals surface area contributed by atoms with Gasteiger partial charge in [0, 0.05) is 6.54 Å². The van der Waals surface area contributed by atoms with E-state index < -0.39 is 27.9 Å². The third-order valence-electron chi connectivity index (χ3n) is 4.18. The molecule has 1 fully saturated rings. The predicted octanol–water partition coefficient (Wildman–Crippen LogP) is 3.43. The SMILES string of the molecule is COC(=O)c1ccsc1NC(=O)[C@@H]1CCCCN1S(=O)(=O)c1ccc(Cl)s1. The molecule has 11 heteroatoms. The molecule has 146 valence electrons. The molecule has 0 bridgehead atoms. The normalized spacial score (nSPS) is 18.2. The molecule has 0 saturated carbocycles. The van der Waals surface area contributed by atoms with E-state index in [0.29, 0.717) is 22.2 Å². The van der Waals surface area contributed by atoms with Crippen LogP contribution in [0.1, 0.15) is 29.6 Å². The Balaban J connectivity index is 1.84. The number of nitrogens with zero attached hydrogens (tertiary/aromatic N) is 1. The average Bonchev–Trinajstić information content (AvgIpc) is 3.30. The van der Waals surface area contributed by atoms with Crippen LogP contribution in [-0.4, -0.2) is 44.3 Å². The number of hydrogen-bond donors (Lipinski definition) is 1. The van der Waals surface area contributed by atoms with Crippen LogP contribution in [0.15, 0.2) is 27.8 Å². The van der Waals surface area contributed by atoms with E-state index >= 15 is 0 Å². The Kier molecular flexibility index (Phi) is 6.21. The number of piperidine rings is 1. The molecule has 27 heavy (non-hydrogen) atoms. The van der Waals surface area contributed by atoms with Crippen molar-refractivity contribution < 1.29 is 22.7 Å². The Labute approximate surface area is 169 Å². The van der Waals surface area contributed by atoms with E-state index in [1.165, 1.54) is 34.9 Å². The van der Waals surface area contributed by atoms with Gasteiger partial charge in [-0.3, -0.25) is 4.79 Å². The number of amides is 1. The highest BCUT2D eigenvalue weighted by atomic mass is 35.5. The van der Waals surface area contributed by atoms with Gasteiger partial charge in [0.2, 0.25) is 5.91 Å². The summed E-state index contributed by atoms with van der Waals surface area (Å²) in [5.41, 5.74) is 0.242. The highest BCUT2D eigenvalue weighted by molar-refractivity contribution is 7.91. The van der Waals surface area contributed by atoms with E-state index in [0.717, 1.165) is 17.8 Å². The molecule has 1 saturated heterocycles. The van der Waals surface area contributed by atoms with E-state index in [-0.39, 0.29) is 16.3 Å². The van der Waals surface area contributed by atoms with Crippen molar-refractivity contribution in [2.75, 3.05) is 19.0 Å². The summed E-state index contributed by atoms with van der Waals surface area (Å²) in [4.78, 5) is 24.6. The molecule has 0 radical (unpaired) electrons. The summed E-state index contributed by atoms with van der Waals surface area (Å²) in [6.45, 7) is 0.254. The number of halogens is 1. The van der Waals surface area contributed by atoms with Gasteiger partial charge in [0.1, 0.15) is 15.3 Å². The zero-order valence-electron chi connectivity index (χ0n) is 14.3. The highest BCUT2D eigenvalue weighted by Gasteiger charge is 2.38. The first-order valence-corrected chi connectivity index (χ1v) is 11.6. The minimum Gasteiger partial charge on any atom is -0.465 e. The van der Waals surface area contributed by atoms with Crippen molar-refractivity contribution in [3.8, 4) is 0 Å². The average molecular weight is 449 g/mol. The number of carbonyl (C=O) groups excluding carboxylic acids is 2. The smallest absolute Gasteiger partial charge is 0.340 e. The van der Waals surface area contributed by atoms with Crippen molar-refractivity contribution in [1.82, 2.24) is 4.31 Å². The van der Waals surface area contributed by atoms with Crippen molar-refractivity contribution in [1.29, 1.82) is 0 Å². The van der Waals surface area contributed by atoms with Crippen LogP contribution in [0.5, 0.6) is 0 Å². The Bertz CT molecular complexity index is 953. The molecular weight excluding hydrogens is 432 g/mol. The van der Waals surface area contributed by atoms with Gasteiger partial charge in [-0.05, 0) is 36.4 Å². The molecule has 2 aromatic rings. The Morgan fingerprint density at radius 2 is 2.07 bits per heavy atom. The van der Waals surface area contributed by atoms with Crippen molar-refractivity contribution in [3.63, 3.8) is 0 Å². The Morgan fingerprint density at radius 3 is 2.74 bits per heavy atom. The molecule has 1 aliphatic heterocycles. The third kappa shape index (κ3) is 4.19. The summed E-state index contributed by atoms with van der Waals surface area (Å²) < 4.78 is 32.3. The number of ether oxygens (including phenoxy) is 1. The van der Waals surface area contributed by atoms with Crippen LogP contribution in [-0.2, 0) is 19.6 Å². The van der Waals surface area contributed by atoms with Crippen LogP contribution in [0, 0.1) is 0 Å². The molecule has 1 amide bonds. The second kappa shape index (κ2) is 8.27. The van der Waals surface area contributed by atoms with Crippen LogP contribution in [0.25, 0.3) is 0 Å². The van der Waals surface area contributed by atoms with E-state index in [1.807, 2.05) is 0 Å². The quantitative estimate of drug-likeness (QED) is 0.707. The summed E-state index contributed by atoms with van der Waals surface area (Å²) in [5, 5.41) is 4.68. The van der Waals surface area contributed by atoms with Crippen LogP contribution >= 0.6 is 34.3 Å². The summed E-state index contributed by atoms with van der Waals surface area (Å²) in [6, 6.07) is 3.67. The lowest BCUT2D eigenvalue weighted by atomic mass is 10.0. The molecule has 1 atom stereocenters. The van der Waals surface area contributed by atoms with Gasteiger partial charge in [-0.15, -0.1) is 22.7 Å². The number of nitrogens with one attached hydrogen (secondary N) is 1. The minimum atomic E-state index is -3.83. The van der Waals surface area contributed by atoms with Crippen molar-refractivity contribution in [2.45, 2.75) is 29.5 Å². The molecule has 3 rings (SSSR count). The van der Waals surface area contributed by atoms with Crippen LogP contribution in [0.3, 0.4) is 0 Å². The monoisotopic (exact) mass is 448 g/mol. The van der Waals surface area contributed by atoms with Gasteiger partial charge in [0.15, 0.2) is 0 Å². The van der Waals surface area contributed by atoms with Crippen molar-refractivity contribution in [3.05, 3.63) is 33.5 Å². The first-order valence-electron chi connectivity index (χ1n) is 8.08. The molecule has 7 nitrogen and oxygen atoms in total. The van der Waals surface area contributed by atoms with E-state index in [2.05, 4.69) is 5.32 Å². The van der Waals surface area contributed by atoms with E-state index in [9.17, 15) is 18.0 Å². The first-order chi connectivity index (χ1) is 12.8. The molecule has 0 aromatic carbocycles. The number of methoxy groups -OCH3 is 1. The van der Waals surface area contributed by atoms with Crippen LogP contribution < -0.4 is 5.32 Å². The lowest BCUT2D eigenvalue weighted by Gasteiger charge is -2.33. The van der Waals surface area contributed by atoms with Crippen LogP contribution in [0.2, 0.25) is 4.34 Å². The molecule has 1 aliphatic rings. The zero-order valence-corrected chi connectivity index (χ0v) is 17.5. The summed E-state index contributed by atoms with van der Waals surface area (Å²) in [7, 11) is -2.57. The minimum absolute atomic E-state index is 0.110. The van der Waals surface area contributed by atoms with Crippen molar-refractivity contribution in [2.24, 2.45) is 0 Å². The number of esters is 1. The molecular formula is C16H17ClN2O5S3. The number of anilines is 1. The van der Waals surface area contributed by atoms with Gasteiger partial charge < -0.3 is 10.1 Å². The summed E-state index contributed by atoms with van der Waals surface area (Å²) in [6.07, 6.45) is 1.82. The maximum Gasteiger partial charge on any atom is 0.340 e. The summed E-state index contributed by atoms with van der Waals surface area (Å²) >= 11 is 8.01. The maximum absolute atomic E-state index is 13.0. The topological polar surface area (TPSA) is 92.8 Å². The molecule has 1 N–H and O–H groups in total. The number of sulfonamides is 1. The van der Waals surface area contributed by atoms with Gasteiger partial charge in [-0.25, -0.2) is 13.2 Å². The number of rotatable bonds is 5. The first kappa shape index (κ1) is 20.3. The lowest BCUT2D eigenvalue weighted by Crippen LogP contribution is -2.49. The molecule has 0 unspecified atom stereocenters. The predicted molar refractivity (Wildman–Crippen MR) is 105 cm³/mol. The van der Waals surface area contributed by atoms with Crippen LogP contribution in [0.4, 0.5) is 5.00 Å². The van der Waals surface area contributed by atoms with Gasteiger partial charge in [0.25, 0.3) is 10.0 Å². The fraction of sp³-hybridized carbons (Fsp3) is 0.375. The highest BCUT2D eigenvalue weighted by Crippen LogP contribution is 2.32. The number of carbonyl (C=O) groups is 2. The standard InChI is InChI=1S/C16H17ClN2O5S3/c1-24-16(21)10-7-9-25-15(10)18-14(20)11-4-2-3-8-19(11)27(22,23)13-6-5-12(17)26-13/h5-7,9,11H,2-4,8H2,1H3,(H,18,20)/t11-/m0/s1. The third-order valence-corrected chi connectivity index (χ3v) is 8.61. The number of hydrogen-bond acceptors (Lipinski definition) is 7. The van der Waals surface area contributed by atoms with Gasteiger partial charge >= 0.3 is 5.97 Å². The maximum atomic E-state index is 13.0. The summed E-state index contributed by atoms with van der Waals surface area (Å²) in [5.74, 6) is -1.03. The fourth-order valence-electron chi connectivity index (χ4n) is 2.88. The second-order valence-corrected chi connectivity index (χ2v) is 10.6. The fourth-order valence-corrected chi connectivity index (χ4v) is 6.93. The molecule has 2 aromatic heterocycles.